The van der Waals surface area contributed by atoms with Gasteiger partial charge in [-0.05, 0) is 62.0 Å². The van der Waals surface area contributed by atoms with Gasteiger partial charge >= 0.3 is 0 Å². The van der Waals surface area contributed by atoms with Crippen LogP contribution in [0.25, 0.3) is 0 Å². The van der Waals surface area contributed by atoms with Gasteiger partial charge in [-0.2, -0.15) is 5.10 Å². The Morgan fingerprint density at radius 1 is 1.30 bits per heavy atom. The largest absolute Gasteiger partial charge is 0.350 e. The molecule has 0 spiro atoms. The van der Waals surface area contributed by atoms with Crippen molar-refractivity contribution in [3.63, 3.8) is 0 Å². The molecule has 1 amide bonds. The summed E-state index contributed by atoms with van der Waals surface area (Å²) in [5, 5.41) is 12.5. The average molecular weight is 409 g/mol. The third-order valence-electron chi connectivity index (χ3n) is 6.89. The van der Waals surface area contributed by atoms with Crippen molar-refractivity contribution < 1.29 is 4.79 Å². The van der Waals surface area contributed by atoms with Crippen LogP contribution in [0, 0.1) is 17.3 Å². The number of amides is 1. The lowest BCUT2D eigenvalue weighted by Crippen LogP contribution is -2.61. The number of hydrogen-bond donors (Lipinski definition) is 1. The summed E-state index contributed by atoms with van der Waals surface area (Å²) < 4.78 is 3.65. The first kappa shape index (κ1) is 17.5. The van der Waals surface area contributed by atoms with Crippen LogP contribution >= 0.6 is 23.2 Å². The number of hydrogen-bond acceptors (Lipinski definition) is 4. The Hall–Kier alpha value is -1.60. The van der Waals surface area contributed by atoms with E-state index >= 15 is 0 Å². The first-order valence-corrected chi connectivity index (χ1v) is 10.2. The van der Waals surface area contributed by atoms with Gasteiger partial charge in [-0.15, -0.1) is 5.10 Å². The molecular formula is C18H22Cl2N6O. The van der Waals surface area contributed by atoms with Gasteiger partial charge in [0, 0.05) is 7.05 Å². The first-order valence-electron chi connectivity index (χ1n) is 9.41. The van der Waals surface area contributed by atoms with E-state index in [0.717, 1.165) is 37.8 Å². The van der Waals surface area contributed by atoms with Crippen molar-refractivity contribution in [1.29, 1.82) is 0 Å². The molecule has 0 saturated heterocycles. The fourth-order valence-corrected chi connectivity index (χ4v) is 6.56. The van der Waals surface area contributed by atoms with Crippen molar-refractivity contribution in [2.45, 2.75) is 50.6 Å². The van der Waals surface area contributed by atoms with Gasteiger partial charge in [0.1, 0.15) is 6.33 Å². The van der Waals surface area contributed by atoms with Crippen LogP contribution in [0.1, 0.15) is 44.2 Å². The molecule has 4 aliphatic carbocycles. The van der Waals surface area contributed by atoms with Gasteiger partial charge < -0.3 is 5.32 Å². The number of aromatic nitrogens is 5. The minimum Gasteiger partial charge on any atom is -0.350 e. The van der Waals surface area contributed by atoms with Crippen molar-refractivity contribution in [2.24, 2.45) is 24.3 Å². The standard InChI is InChI=1S/C18H22Cl2N6O/c1-25-14(13(19)7-23-25)8-21-15(27)17-3-11-2-12(4-17)6-18(5-11,9-17)26-10-22-16(20)24-26/h7,10-12H,2-6,8-9H2,1H3,(H,21,27). The lowest BCUT2D eigenvalue weighted by molar-refractivity contribution is -0.156. The van der Waals surface area contributed by atoms with E-state index < -0.39 is 0 Å². The number of nitrogens with zero attached hydrogens (tertiary/aromatic N) is 5. The number of carbonyl (C=O) groups excluding carboxylic acids is 1. The van der Waals surface area contributed by atoms with Crippen LogP contribution < -0.4 is 5.32 Å². The summed E-state index contributed by atoms with van der Waals surface area (Å²) in [6.07, 6.45) is 9.40. The Balaban J connectivity index is 1.41. The lowest BCUT2D eigenvalue weighted by Gasteiger charge is -2.60. The molecule has 9 heteroatoms. The van der Waals surface area contributed by atoms with Crippen molar-refractivity contribution in [3.05, 3.63) is 28.5 Å². The second-order valence-electron chi connectivity index (χ2n) is 8.67. The second kappa shape index (κ2) is 5.95. The Labute approximate surface area is 167 Å². The Bertz CT molecular complexity index is 872. The van der Waals surface area contributed by atoms with Crippen LogP contribution in [0.2, 0.25) is 10.3 Å². The molecule has 7 nitrogen and oxygen atoms in total. The van der Waals surface area contributed by atoms with E-state index in [1.807, 2.05) is 11.7 Å². The van der Waals surface area contributed by atoms with Gasteiger partial charge in [-0.3, -0.25) is 9.48 Å². The number of carbonyl (C=O) groups is 1. The summed E-state index contributed by atoms with van der Waals surface area (Å²) in [5.74, 6) is 1.24. The van der Waals surface area contributed by atoms with Crippen LogP contribution in [0.15, 0.2) is 12.5 Å². The Morgan fingerprint density at radius 3 is 2.63 bits per heavy atom. The van der Waals surface area contributed by atoms with Crippen LogP contribution in [-0.2, 0) is 23.9 Å². The van der Waals surface area contributed by atoms with Crippen LogP contribution in [-0.4, -0.2) is 30.5 Å². The van der Waals surface area contributed by atoms with Gasteiger partial charge in [0.2, 0.25) is 11.2 Å². The summed E-state index contributed by atoms with van der Waals surface area (Å²) in [6, 6.07) is 0. The highest BCUT2D eigenvalue weighted by Crippen LogP contribution is 2.64. The quantitative estimate of drug-likeness (QED) is 0.843. The van der Waals surface area contributed by atoms with Gasteiger partial charge in [0.15, 0.2) is 0 Å². The molecule has 0 radical (unpaired) electrons. The topological polar surface area (TPSA) is 77.6 Å². The summed E-state index contributed by atoms with van der Waals surface area (Å²) >= 11 is 12.2. The number of nitrogens with one attached hydrogen (secondary N) is 1. The third kappa shape index (κ3) is 2.70. The van der Waals surface area contributed by atoms with Crippen LogP contribution in [0.5, 0.6) is 0 Å². The smallest absolute Gasteiger partial charge is 0.242 e. The average Bonchev–Trinajstić information content (AvgIpc) is 3.18. The molecule has 6 rings (SSSR count). The van der Waals surface area contributed by atoms with Gasteiger partial charge in [0.25, 0.3) is 0 Å². The maximum atomic E-state index is 13.3. The summed E-state index contributed by atoms with van der Waals surface area (Å²) in [5.41, 5.74) is 0.354. The maximum Gasteiger partial charge on any atom is 0.242 e. The van der Waals surface area contributed by atoms with Gasteiger partial charge in [-0.1, -0.05) is 11.6 Å². The molecule has 27 heavy (non-hydrogen) atoms. The number of halogens is 2. The van der Waals surface area contributed by atoms with E-state index in [1.54, 1.807) is 17.2 Å². The molecule has 4 bridgehead atoms. The second-order valence-corrected chi connectivity index (χ2v) is 9.41. The Morgan fingerprint density at radius 2 is 2.04 bits per heavy atom. The molecule has 4 aliphatic rings. The van der Waals surface area contributed by atoms with Gasteiger partial charge in [-0.25, -0.2) is 9.67 Å². The minimum absolute atomic E-state index is 0.129. The summed E-state index contributed by atoms with van der Waals surface area (Å²) in [6.45, 7) is 0.396. The lowest BCUT2D eigenvalue weighted by atomic mass is 9.46. The van der Waals surface area contributed by atoms with E-state index in [9.17, 15) is 4.79 Å². The highest BCUT2D eigenvalue weighted by Gasteiger charge is 2.61. The zero-order valence-corrected chi connectivity index (χ0v) is 16.7. The minimum atomic E-state index is -0.340. The molecule has 2 aromatic rings. The van der Waals surface area contributed by atoms with Crippen molar-refractivity contribution >= 4 is 29.1 Å². The Kier molecular flexibility index (Phi) is 3.85. The predicted molar refractivity (Wildman–Crippen MR) is 100 cm³/mol. The fourth-order valence-electron chi connectivity index (χ4n) is 6.21. The number of rotatable bonds is 4. The van der Waals surface area contributed by atoms with Crippen molar-refractivity contribution in [2.75, 3.05) is 0 Å². The normalized spacial score (nSPS) is 34.2. The summed E-state index contributed by atoms with van der Waals surface area (Å²) in [4.78, 5) is 17.5. The molecular weight excluding hydrogens is 387 g/mol. The van der Waals surface area contributed by atoms with Crippen molar-refractivity contribution in [1.82, 2.24) is 29.9 Å². The SMILES string of the molecule is Cn1ncc(Cl)c1CNC(=O)C12CC3CC(C1)CC(n1cnc(Cl)n1)(C3)C2. The van der Waals surface area contributed by atoms with Crippen molar-refractivity contribution in [3.8, 4) is 0 Å². The molecule has 0 aromatic carbocycles. The summed E-state index contributed by atoms with van der Waals surface area (Å²) in [7, 11) is 1.83. The van der Waals surface area contributed by atoms with Crippen LogP contribution in [0.4, 0.5) is 0 Å². The van der Waals surface area contributed by atoms with E-state index in [2.05, 4.69) is 20.5 Å². The highest BCUT2D eigenvalue weighted by atomic mass is 35.5. The molecule has 4 saturated carbocycles. The van der Waals surface area contributed by atoms with E-state index in [4.69, 9.17) is 23.2 Å². The van der Waals surface area contributed by atoms with Gasteiger partial charge in [0.05, 0.1) is 34.4 Å². The third-order valence-corrected chi connectivity index (χ3v) is 7.38. The maximum absolute atomic E-state index is 13.3. The van der Waals surface area contributed by atoms with E-state index in [1.165, 1.54) is 6.42 Å². The monoisotopic (exact) mass is 408 g/mol. The van der Waals surface area contributed by atoms with E-state index in [-0.39, 0.29) is 22.1 Å². The molecule has 2 atom stereocenters. The molecule has 0 aliphatic heterocycles. The molecule has 144 valence electrons. The number of aryl methyl sites for hydroxylation is 1. The zero-order chi connectivity index (χ0) is 18.8. The zero-order valence-electron chi connectivity index (χ0n) is 15.2. The molecule has 1 N–H and O–H groups in total. The molecule has 2 unspecified atom stereocenters. The highest BCUT2D eigenvalue weighted by molar-refractivity contribution is 6.31. The van der Waals surface area contributed by atoms with E-state index in [0.29, 0.717) is 23.4 Å². The molecule has 2 heterocycles. The fraction of sp³-hybridized carbons (Fsp3) is 0.667. The molecule has 4 fully saturated rings. The molecule has 2 aromatic heterocycles. The first-order chi connectivity index (χ1) is 12.9. The predicted octanol–water partition coefficient (Wildman–Crippen LogP) is 2.93. The van der Waals surface area contributed by atoms with Crippen LogP contribution in [0.3, 0.4) is 0 Å².